The van der Waals surface area contributed by atoms with E-state index in [2.05, 4.69) is 9.97 Å². The van der Waals surface area contributed by atoms with Gasteiger partial charge in [0.1, 0.15) is 12.1 Å². The Bertz CT molecular complexity index is 544. The highest BCUT2D eigenvalue weighted by Gasteiger charge is 2.21. The lowest BCUT2D eigenvalue weighted by Gasteiger charge is -2.36. The van der Waals surface area contributed by atoms with Crippen LogP contribution in [0.1, 0.15) is 0 Å². The molecule has 1 aromatic heterocycles. The second-order valence-electron chi connectivity index (χ2n) is 4.62. The van der Waals surface area contributed by atoms with E-state index in [-0.39, 0.29) is 5.82 Å². The third-order valence-electron chi connectivity index (χ3n) is 3.42. The molecular formula is C14H14F2N4. The summed E-state index contributed by atoms with van der Waals surface area (Å²) in [6, 6.07) is 6.70. The van der Waals surface area contributed by atoms with E-state index in [9.17, 15) is 8.78 Å². The molecule has 1 aromatic carbocycles. The number of aromatic nitrogens is 2. The molecule has 2 heterocycles. The van der Waals surface area contributed by atoms with Gasteiger partial charge in [-0.05, 0) is 12.1 Å². The van der Waals surface area contributed by atoms with E-state index in [4.69, 9.17) is 0 Å². The molecule has 0 aliphatic carbocycles. The number of hydrogen-bond acceptors (Lipinski definition) is 4. The Kier molecular flexibility index (Phi) is 3.45. The van der Waals surface area contributed by atoms with Gasteiger partial charge in [-0.2, -0.15) is 0 Å². The molecule has 0 saturated carbocycles. The van der Waals surface area contributed by atoms with Gasteiger partial charge in [-0.25, -0.2) is 18.7 Å². The maximum absolute atomic E-state index is 13.7. The number of hydrogen-bond donors (Lipinski definition) is 0. The molecule has 0 radical (unpaired) electrons. The topological polar surface area (TPSA) is 32.3 Å². The molecule has 0 unspecified atom stereocenters. The second kappa shape index (κ2) is 5.40. The number of benzene rings is 1. The van der Waals surface area contributed by atoms with Crippen LogP contribution in [0.4, 0.5) is 20.3 Å². The highest BCUT2D eigenvalue weighted by atomic mass is 19.1. The van der Waals surface area contributed by atoms with E-state index >= 15 is 0 Å². The summed E-state index contributed by atoms with van der Waals surface area (Å²) < 4.78 is 27.3. The number of halogens is 2. The number of nitrogens with zero attached hydrogens (tertiary/aromatic N) is 4. The van der Waals surface area contributed by atoms with Crippen molar-refractivity contribution in [3.8, 4) is 0 Å². The zero-order chi connectivity index (χ0) is 13.9. The fourth-order valence-electron chi connectivity index (χ4n) is 2.41. The molecule has 4 nitrogen and oxygen atoms in total. The predicted molar refractivity (Wildman–Crippen MR) is 72.8 cm³/mol. The van der Waals surface area contributed by atoms with Crippen LogP contribution < -0.4 is 9.80 Å². The summed E-state index contributed by atoms with van der Waals surface area (Å²) in [5.41, 5.74) is 0.593. The maximum atomic E-state index is 13.7. The van der Waals surface area contributed by atoms with Gasteiger partial charge in [-0.15, -0.1) is 0 Å². The van der Waals surface area contributed by atoms with Gasteiger partial charge in [-0.3, -0.25) is 0 Å². The first-order valence-electron chi connectivity index (χ1n) is 6.45. The lowest BCUT2D eigenvalue weighted by atomic mass is 10.2. The summed E-state index contributed by atoms with van der Waals surface area (Å²) >= 11 is 0. The molecule has 1 fully saturated rings. The summed E-state index contributed by atoms with van der Waals surface area (Å²) in [6.07, 6.45) is 2.49. The van der Waals surface area contributed by atoms with Crippen LogP contribution in [0.3, 0.4) is 0 Å². The van der Waals surface area contributed by atoms with Crippen molar-refractivity contribution >= 4 is 11.5 Å². The van der Waals surface area contributed by atoms with Gasteiger partial charge in [0.25, 0.3) is 0 Å². The molecule has 0 N–H and O–H groups in total. The molecule has 1 saturated heterocycles. The van der Waals surface area contributed by atoms with Crippen molar-refractivity contribution in [3.63, 3.8) is 0 Å². The molecule has 2 aromatic rings. The standard InChI is InChI=1S/C14H14F2N4/c15-11-3-1-2-4-13(11)19-5-7-20(8-6-19)14-12(16)9-17-10-18-14/h1-4,9-10H,5-8H2. The Morgan fingerprint density at radius 3 is 2.30 bits per heavy atom. The zero-order valence-electron chi connectivity index (χ0n) is 10.8. The van der Waals surface area contributed by atoms with Crippen LogP contribution in [0.2, 0.25) is 0 Å². The first-order valence-corrected chi connectivity index (χ1v) is 6.45. The molecule has 0 atom stereocenters. The summed E-state index contributed by atoms with van der Waals surface area (Å²) in [4.78, 5) is 11.4. The molecule has 0 amide bonds. The molecular weight excluding hydrogens is 262 g/mol. The van der Waals surface area contributed by atoms with Gasteiger partial charge in [0.15, 0.2) is 11.6 Å². The maximum Gasteiger partial charge on any atom is 0.183 e. The number of piperazine rings is 1. The van der Waals surface area contributed by atoms with E-state index in [1.165, 1.54) is 12.4 Å². The van der Waals surface area contributed by atoms with Gasteiger partial charge >= 0.3 is 0 Å². The SMILES string of the molecule is Fc1ccccc1N1CCN(c2ncncc2F)CC1. The largest absolute Gasteiger partial charge is 0.366 e. The molecule has 0 spiro atoms. The van der Waals surface area contributed by atoms with Crippen LogP contribution in [0.15, 0.2) is 36.8 Å². The van der Waals surface area contributed by atoms with Crippen LogP contribution in [0, 0.1) is 11.6 Å². The number of para-hydroxylation sites is 1. The summed E-state index contributed by atoms with van der Waals surface area (Å²) in [5.74, 6) is -0.339. The lowest BCUT2D eigenvalue weighted by Crippen LogP contribution is -2.47. The molecule has 20 heavy (non-hydrogen) atoms. The Labute approximate surface area is 115 Å². The Hall–Kier alpha value is -2.24. The zero-order valence-corrected chi connectivity index (χ0v) is 10.8. The number of rotatable bonds is 2. The normalized spacial score (nSPS) is 15.5. The van der Waals surface area contributed by atoms with E-state index in [0.717, 1.165) is 6.20 Å². The predicted octanol–water partition coefficient (Wildman–Crippen LogP) is 2.08. The van der Waals surface area contributed by atoms with Crippen LogP contribution >= 0.6 is 0 Å². The summed E-state index contributed by atoms with van der Waals surface area (Å²) in [6.45, 7) is 2.46. The quantitative estimate of drug-likeness (QED) is 0.840. The fraction of sp³-hybridized carbons (Fsp3) is 0.286. The lowest BCUT2D eigenvalue weighted by molar-refractivity contribution is 0.572. The molecule has 1 aliphatic rings. The second-order valence-corrected chi connectivity index (χ2v) is 4.62. The van der Waals surface area contributed by atoms with E-state index in [0.29, 0.717) is 37.7 Å². The average Bonchev–Trinajstić information content (AvgIpc) is 2.49. The van der Waals surface area contributed by atoms with E-state index in [1.54, 1.807) is 12.1 Å². The highest BCUT2D eigenvalue weighted by Crippen LogP contribution is 2.22. The van der Waals surface area contributed by atoms with Gasteiger partial charge < -0.3 is 9.80 Å². The molecule has 3 rings (SSSR count). The van der Waals surface area contributed by atoms with Crippen LogP contribution in [-0.4, -0.2) is 36.1 Å². The minimum absolute atomic E-state index is 0.228. The molecule has 6 heteroatoms. The summed E-state index contributed by atoms with van der Waals surface area (Å²) in [7, 11) is 0. The number of anilines is 2. The van der Waals surface area contributed by atoms with Gasteiger partial charge in [0.2, 0.25) is 0 Å². The minimum Gasteiger partial charge on any atom is -0.366 e. The first kappa shape index (κ1) is 12.8. The van der Waals surface area contributed by atoms with Crippen LogP contribution in [-0.2, 0) is 0 Å². The van der Waals surface area contributed by atoms with Crippen molar-refractivity contribution in [3.05, 3.63) is 48.4 Å². The highest BCUT2D eigenvalue weighted by molar-refractivity contribution is 5.50. The monoisotopic (exact) mass is 276 g/mol. The van der Waals surface area contributed by atoms with Crippen molar-refractivity contribution < 1.29 is 8.78 Å². The third kappa shape index (κ3) is 2.41. The smallest absolute Gasteiger partial charge is 0.183 e. The van der Waals surface area contributed by atoms with Gasteiger partial charge in [-0.1, -0.05) is 12.1 Å². The Morgan fingerprint density at radius 1 is 0.900 bits per heavy atom. The van der Waals surface area contributed by atoms with E-state index in [1.807, 2.05) is 15.9 Å². The molecule has 0 bridgehead atoms. The fourth-order valence-corrected chi connectivity index (χ4v) is 2.41. The van der Waals surface area contributed by atoms with Crippen LogP contribution in [0.25, 0.3) is 0 Å². The first-order chi connectivity index (χ1) is 9.75. The minimum atomic E-state index is -0.424. The van der Waals surface area contributed by atoms with E-state index < -0.39 is 5.82 Å². The average molecular weight is 276 g/mol. The van der Waals surface area contributed by atoms with Crippen molar-refractivity contribution in [2.75, 3.05) is 36.0 Å². The molecule has 104 valence electrons. The third-order valence-corrected chi connectivity index (χ3v) is 3.42. The Balaban J connectivity index is 1.72. The van der Waals surface area contributed by atoms with Gasteiger partial charge in [0.05, 0.1) is 11.9 Å². The van der Waals surface area contributed by atoms with Crippen LogP contribution in [0.5, 0.6) is 0 Å². The van der Waals surface area contributed by atoms with Crippen molar-refractivity contribution in [1.29, 1.82) is 0 Å². The van der Waals surface area contributed by atoms with Gasteiger partial charge in [0, 0.05) is 26.2 Å². The summed E-state index contributed by atoms with van der Waals surface area (Å²) in [5, 5.41) is 0. The Morgan fingerprint density at radius 2 is 1.60 bits per heavy atom. The molecule has 1 aliphatic heterocycles. The van der Waals surface area contributed by atoms with Crippen molar-refractivity contribution in [2.24, 2.45) is 0 Å². The van der Waals surface area contributed by atoms with Crippen molar-refractivity contribution in [1.82, 2.24) is 9.97 Å². The van der Waals surface area contributed by atoms with Crippen molar-refractivity contribution in [2.45, 2.75) is 0 Å².